The van der Waals surface area contributed by atoms with Crippen molar-refractivity contribution in [2.24, 2.45) is 0 Å². The van der Waals surface area contributed by atoms with Gasteiger partial charge in [0.25, 0.3) is 0 Å². The Morgan fingerprint density at radius 1 is 1.32 bits per heavy atom. The normalized spacial score (nSPS) is 46.5. The lowest BCUT2D eigenvalue weighted by Crippen LogP contribution is -2.70. The molecule has 0 saturated carbocycles. The molecule has 3 fully saturated rings. The van der Waals surface area contributed by atoms with E-state index >= 15 is 0 Å². The first-order valence-corrected chi connectivity index (χ1v) is 8.46. The van der Waals surface area contributed by atoms with Gasteiger partial charge >= 0.3 is 0 Å². The first kappa shape index (κ1) is 12.2. The number of methoxy groups -OCH3 is 1. The molecule has 4 aliphatic heterocycles. The SMILES string of the molecule is COc1ccc2c3c1O[C@@H]1C4CC[C@]5(O4)[C@H](C2)N(C)CC[C@@]315. The standard InChI is InChI=1S/C18H21NO3/c1-19-8-7-17-14-10-3-4-11(20-2)15(14)21-16(17)12-5-6-18(17,22-12)13(19)9-10/h3-4,12-13,16H,5-9H2,1-2H3/t12?,13-,16+,17+,18-/m0/s1. The molecule has 1 aromatic rings. The number of piperidine rings is 1. The molecule has 0 amide bonds. The van der Waals surface area contributed by atoms with E-state index in [2.05, 4.69) is 24.1 Å². The van der Waals surface area contributed by atoms with Crippen molar-refractivity contribution >= 4 is 0 Å². The van der Waals surface area contributed by atoms with Crippen LogP contribution in [-0.4, -0.2) is 49.5 Å². The van der Waals surface area contributed by atoms with Gasteiger partial charge in [-0.15, -0.1) is 0 Å². The minimum absolute atomic E-state index is 0.0278. The van der Waals surface area contributed by atoms with Gasteiger partial charge in [-0.25, -0.2) is 0 Å². The number of hydrogen-bond acceptors (Lipinski definition) is 4. The van der Waals surface area contributed by atoms with Gasteiger partial charge < -0.3 is 19.1 Å². The van der Waals surface area contributed by atoms with E-state index in [9.17, 15) is 0 Å². The van der Waals surface area contributed by atoms with Crippen LogP contribution in [0.4, 0.5) is 0 Å². The zero-order valence-electron chi connectivity index (χ0n) is 13.1. The van der Waals surface area contributed by atoms with Crippen molar-refractivity contribution in [2.75, 3.05) is 20.7 Å². The van der Waals surface area contributed by atoms with Crippen molar-refractivity contribution in [2.45, 2.75) is 54.9 Å². The summed E-state index contributed by atoms with van der Waals surface area (Å²) < 4.78 is 18.8. The molecule has 0 radical (unpaired) electrons. The van der Waals surface area contributed by atoms with E-state index in [1.807, 2.05) is 0 Å². The van der Waals surface area contributed by atoms with Gasteiger partial charge in [0, 0.05) is 11.6 Å². The minimum Gasteiger partial charge on any atom is -0.493 e. The lowest BCUT2D eigenvalue weighted by atomic mass is 9.51. The van der Waals surface area contributed by atoms with Crippen LogP contribution in [0.15, 0.2) is 12.1 Å². The first-order valence-electron chi connectivity index (χ1n) is 8.46. The fourth-order valence-electron chi connectivity index (χ4n) is 6.46. The highest BCUT2D eigenvalue weighted by Crippen LogP contribution is 2.71. The van der Waals surface area contributed by atoms with Crippen molar-refractivity contribution in [3.63, 3.8) is 0 Å². The molecule has 1 aromatic carbocycles. The summed E-state index contributed by atoms with van der Waals surface area (Å²) in [6.07, 6.45) is 5.01. The summed E-state index contributed by atoms with van der Waals surface area (Å²) in [4.78, 5) is 2.53. The number of rotatable bonds is 1. The van der Waals surface area contributed by atoms with Crippen LogP contribution in [0.5, 0.6) is 11.5 Å². The highest BCUT2D eigenvalue weighted by molar-refractivity contribution is 5.64. The molecule has 4 heteroatoms. The van der Waals surface area contributed by atoms with Crippen molar-refractivity contribution < 1.29 is 14.2 Å². The van der Waals surface area contributed by atoms with Crippen LogP contribution >= 0.6 is 0 Å². The predicted molar refractivity (Wildman–Crippen MR) is 80.7 cm³/mol. The van der Waals surface area contributed by atoms with E-state index in [0.29, 0.717) is 6.04 Å². The molecule has 3 saturated heterocycles. The number of fused-ring (bicyclic) bond motifs is 2. The van der Waals surface area contributed by atoms with E-state index < -0.39 is 0 Å². The molecule has 4 bridgehead atoms. The van der Waals surface area contributed by atoms with Crippen LogP contribution in [0.1, 0.15) is 30.4 Å². The van der Waals surface area contributed by atoms with Crippen molar-refractivity contribution in [3.05, 3.63) is 23.3 Å². The van der Waals surface area contributed by atoms with Crippen LogP contribution in [-0.2, 0) is 16.6 Å². The van der Waals surface area contributed by atoms with Crippen LogP contribution < -0.4 is 9.47 Å². The third kappa shape index (κ3) is 0.976. The quantitative estimate of drug-likeness (QED) is 0.792. The second kappa shape index (κ2) is 3.46. The van der Waals surface area contributed by atoms with Gasteiger partial charge in [0.2, 0.25) is 0 Å². The van der Waals surface area contributed by atoms with E-state index in [0.717, 1.165) is 37.3 Å². The average molecular weight is 299 g/mol. The summed E-state index contributed by atoms with van der Waals surface area (Å²) >= 11 is 0. The smallest absolute Gasteiger partial charge is 0.166 e. The minimum atomic E-state index is -0.0278. The maximum Gasteiger partial charge on any atom is 0.166 e. The summed E-state index contributed by atoms with van der Waals surface area (Å²) in [7, 11) is 4.01. The third-order valence-electron chi connectivity index (χ3n) is 7.20. The fraction of sp³-hybridized carbons (Fsp3) is 0.667. The summed E-state index contributed by atoms with van der Waals surface area (Å²) in [5.74, 6) is 1.92. The van der Waals surface area contributed by atoms with Gasteiger partial charge in [-0.2, -0.15) is 0 Å². The maximum absolute atomic E-state index is 6.67. The Bertz CT molecular complexity index is 704. The van der Waals surface area contributed by atoms with E-state index in [1.54, 1.807) is 7.11 Å². The molecule has 5 atom stereocenters. The van der Waals surface area contributed by atoms with Crippen LogP contribution in [0.25, 0.3) is 0 Å². The number of ether oxygens (including phenoxy) is 3. The number of hydrogen-bond donors (Lipinski definition) is 0. The molecule has 2 spiro atoms. The highest BCUT2D eigenvalue weighted by Gasteiger charge is 2.79. The van der Waals surface area contributed by atoms with Gasteiger partial charge in [-0.1, -0.05) is 6.07 Å². The Hall–Kier alpha value is -1.26. The third-order valence-corrected chi connectivity index (χ3v) is 7.20. The zero-order valence-corrected chi connectivity index (χ0v) is 13.1. The molecule has 1 aliphatic carbocycles. The van der Waals surface area contributed by atoms with Gasteiger partial charge in [-0.3, -0.25) is 0 Å². The van der Waals surface area contributed by atoms with Crippen LogP contribution in [0.2, 0.25) is 0 Å². The van der Waals surface area contributed by atoms with Crippen molar-refractivity contribution in [1.82, 2.24) is 4.90 Å². The molecule has 116 valence electrons. The highest BCUT2D eigenvalue weighted by atomic mass is 16.6. The number of nitrogens with zero attached hydrogens (tertiary/aromatic N) is 1. The van der Waals surface area contributed by atoms with Gasteiger partial charge in [0.1, 0.15) is 6.10 Å². The van der Waals surface area contributed by atoms with E-state index in [1.165, 1.54) is 17.5 Å². The first-order chi connectivity index (χ1) is 10.7. The largest absolute Gasteiger partial charge is 0.493 e. The molecule has 5 aliphatic rings. The molecular weight excluding hydrogens is 278 g/mol. The van der Waals surface area contributed by atoms with Gasteiger partial charge in [0.05, 0.1) is 24.2 Å². The maximum atomic E-state index is 6.67. The molecule has 0 N–H and O–H groups in total. The molecule has 4 heterocycles. The Morgan fingerprint density at radius 3 is 3.09 bits per heavy atom. The van der Waals surface area contributed by atoms with Gasteiger partial charge in [-0.05, 0) is 50.9 Å². The molecule has 0 aromatic heterocycles. The summed E-state index contributed by atoms with van der Waals surface area (Å²) in [5, 5.41) is 0. The molecule has 6 rings (SSSR count). The second-order valence-corrected chi connectivity index (χ2v) is 7.68. The van der Waals surface area contributed by atoms with Crippen molar-refractivity contribution in [3.8, 4) is 11.5 Å². The Balaban J connectivity index is 1.71. The fourth-order valence-corrected chi connectivity index (χ4v) is 6.46. The number of likely N-dealkylation sites (tertiary alicyclic amines) is 1. The molecular formula is C18H21NO3. The molecule has 4 nitrogen and oxygen atoms in total. The Labute approximate surface area is 130 Å². The lowest BCUT2D eigenvalue weighted by Gasteiger charge is -2.58. The average Bonchev–Trinajstić information content (AvgIpc) is 3.16. The molecule has 22 heavy (non-hydrogen) atoms. The van der Waals surface area contributed by atoms with Crippen LogP contribution in [0, 0.1) is 0 Å². The predicted octanol–water partition coefficient (Wildman–Crippen LogP) is 1.89. The number of likely N-dealkylation sites (N-methyl/N-ethyl adjacent to an activating group) is 1. The van der Waals surface area contributed by atoms with Crippen molar-refractivity contribution in [1.29, 1.82) is 0 Å². The lowest BCUT2D eigenvalue weighted by molar-refractivity contribution is -0.115. The zero-order chi connectivity index (χ0) is 14.7. The number of benzene rings is 1. The van der Waals surface area contributed by atoms with Crippen LogP contribution in [0.3, 0.4) is 0 Å². The Kier molecular flexibility index (Phi) is 1.92. The molecule has 1 unspecified atom stereocenters. The Morgan fingerprint density at radius 2 is 2.23 bits per heavy atom. The topological polar surface area (TPSA) is 30.9 Å². The summed E-state index contributed by atoms with van der Waals surface area (Å²) in [5.41, 5.74) is 2.94. The summed E-state index contributed by atoms with van der Waals surface area (Å²) in [6.45, 7) is 1.14. The van der Waals surface area contributed by atoms with Gasteiger partial charge in [0.15, 0.2) is 11.5 Å². The van der Waals surface area contributed by atoms with E-state index in [-0.39, 0.29) is 23.2 Å². The summed E-state index contributed by atoms with van der Waals surface area (Å²) in [6, 6.07) is 4.84. The second-order valence-electron chi connectivity index (χ2n) is 7.68. The monoisotopic (exact) mass is 299 g/mol. The van der Waals surface area contributed by atoms with E-state index in [4.69, 9.17) is 14.2 Å².